The molecule has 0 atom stereocenters. The summed E-state index contributed by atoms with van der Waals surface area (Å²) in [6.07, 6.45) is 2.93. The van der Waals surface area contributed by atoms with Crippen LogP contribution in [0.2, 0.25) is 0 Å². The Morgan fingerprint density at radius 2 is 2.36 bits per heavy atom. The summed E-state index contributed by atoms with van der Waals surface area (Å²) in [6, 6.07) is 0. The molecule has 0 spiro atoms. The van der Waals surface area contributed by atoms with E-state index in [1.165, 1.54) is 6.08 Å². The minimum Gasteiger partial charge on any atom is -0.475 e. The second-order valence-electron chi connectivity index (χ2n) is 1.64. The molecule has 0 aliphatic rings. The van der Waals surface area contributed by atoms with Crippen molar-refractivity contribution >= 4 is 17.6 Å². The van der Waals surface area contributed by atoms with Gasteiger partial charge in [-0.2, -0.15) is 0 Å². The van der Waals surface area contributed by atoms with E-state index in [0.717, 1.165) is 6.26 Å². The molecule has 0 aromatic carbocycles. The number of hydrogen-bond acceptors (Lipinski definition) is 2. The number of ether oxygens (including phenoxy) is 1. The molecule has 3 nitrogen and oxygen atoms in total. The van der Waals surface area contributed by atoms with Crippen LogP contribution in [-0.4, -0.2) is 17.0 Å². The topological polar surface area (TPSA) is 46.5 Å². The van der Waals surface area contributed by atoms with E-state index < -0.39 is 5.97 Å². The van der Waals surface area contributed by atoms with Crippen LogP contribution in [0.3, 0.4) is 0 Å². The lowest BCUT2D eigenvalue weighted by molar-refractivity contribution is -0.135. The first-order chi connectivity index (χ1) is 5.22. The number of alkyl halides is 1. The van der Waals surface area contributed by atoms with Gasteiger partial charge in [0.05, 0.1) is 6.26 Å². The lowest BCUT2D eigenvalue weighted by atomic mass is 10.4. The van der Waals surface area contributed by atoms with E-state index in [0.29, 0.717) is 12.3 Å². The number of allylic oxidation sites excluding steroid dienone is 1. The van der Waals surface area contributed by atoms with Gasteiger partial charge in [-0.05, 0) is 12.5 Å². The maximum Gasteiger partial charge on any atom is 0.371 e. The fraction of sp³-hybridized carbons (Fsp3) is 0.286. The van der Waals surface area contributed by atoms with Gasteiger partial charge < -0.3 is 9.84 Å². The summed E-state index contributed by atoms with van der Waals surface area (Å²) in [7, 11) is 0. The van der Waals surface area contributed by atoms with Crippen molar-refractivity contribution in [2.75, 3.05) is 5.88 Å². The number of carbonyl (C=O) groups is 1. The molecule has 0 radical (unpaired) electrons. The molecule has 0 saturated carbocycles. The lowest BCUT2D eigenvalue weighted by Crippen LogP contribution is -2.01. The zero-order valence-corrected chi connectivity index (χ0v) is 6.67. The number of aliphatic carboxylic acids is 1. The molecule has 4 heteroatoms. The van der Waals surface area contributed by atoms with Gasteiger partial charge in [0.15, 0.2) is 0 Å². The molecule has 0 heterocycles. The molecule has 0 aliphatic carbocycles. The second-order valence-corrected chi connectivity index (χ2v) is 2.01. The molecular weight excluding hydrogens is 168 g/mol. The minimum absolute atomic E-state index is 0.138. The standard InChI is InChI=1S/C7H9ClO3/c1-2-11-6(7(9)10)4-3-5-8/h2,4H,1,3,5H2,(H,9,10). The first-order valence-corrected chi connectivity index (χ1v) is 3.52. The largest absolute Gasteiger partial charge is 0.475 e. The van der Waals surface area contributed by atoms with Crippen LogP contribution in [-0.2, 0) is 9.53 Å². The number of carboxylic acid groups (broad SMARTS) is 1. The smallest absolute Gasteiger partial charge is 0.371 e. The first kappa shape index (κ1) is 10.0. The minimum atomic E-state index is -1.12. The van der Waals surface area contributed by atoms with E-state index >= 15 is 0 Å². The number of hydrogen-bond donors (Lipinski definition) is 1. The highest BCUT2D eigenvalue weighted by Crippen LogP contribution is 2.00. The predicted molar refractivity (Wildman–Crippen MR) is 42.3 cm³/mol. The van der Waals surface area contributed by atoms with Gasteiger partial charge in [-0.3, -0.25) is 0 Å². The van der Waals surface area contributed by atoms with Crippen LogP contribution < -0.4 is 0 Å². The highest BCUT2D eigenvalue weighted by Gasteiger charge is 2.05. The molecular formula is C7H9ClO3. The Morgan fingerprint density at radius 3 is 2.73 bits per heavy atom. The highest BCUT2D eigenvalue weighted by atomic mass is 35.5. The van der Waals surface area contributed by atoms with Gasteiger partial charge in [-0.25, -0.2) is 4.79 Å². The molecule has 0 aromatic heterocycles. The Bertz CT molecular complexity index is 175. The van der Waals surface area contributed by atoms with E-state index in [9.17, 15) is 4.79 Å². The Morgan fingerprint density at radius 1 is 1.73 bits per heavy atom. The van der Waals surface area contributed by atoms with Crippen LogP contribution in [0.1, 0.15) is 6.42 Å². The molecule has 0 aromatic rings. The van der Waals surface area contributed by atoms with Crippen LogP contribution >= 0.6 is 11.6 Å². The van der Waals surface area contributed by atoms with Crippen LogP contribution in [0.5, 0.6) is 0 Å². The van der Waals surface area contributed by atoms with Crippen LogP contribution in [0, 0.1) is 0 Å². The molecule has 0 amide bonds. The van der Waals surface area contributed by atoms with Gasteiger partial charge in [0.2, 0.25) is 5.76 Å². The van der Waals surface area contributed by atoms with Crippen molar-refractivity contribution in [2.24, 2.45) is 0 Å². The quantitative estimate of drug-likeness (QED) is 0.394. The van der Waals surface area contributed by atoms with Crippen LogP contribution in [0.15, 0.2) is 24.7 Å². The molecule has 0 aliphatic heterocycles. The predicted octanol–water partition coefficient (Wildman–Crippen LogP) is 1.74. The Labute approximate surface area is 69.9 Å². The number of halogens is 1. The maximum absolute atomic E-state index is 10.3. The zero-order chi connectivity index (χ0) is 8.69. The fourth-order valence-corrected chi connectivity index (χ4v) is 0.570. The third kappa shape index (κ3) is 4.44. The molecule has 1 N–H and O–H groups in total. The van der Waals surface area contributed by atoms with Crippen molar-refractivity contribution in [3.8, 4) is 0 Å². The number of carboxylic acids is 1. The Balaban J connectivity index is 4.07. The van der Waals surface area contributed by atoms with E-state index in [1.54, 1.807) is 0 Å². The van der Waals surface area contributed by atoms with Gasteiger partial charge in [-0.15, -0.1) is 11.6 Å². The Kier molecular flexibility index (Phi) is 5.29. The van der Waals surface area contributed by atoms with Gasteiger partial charge in [-0.1, -0.05) is 6.58 Å². The van der Waals surface area contributed by atoms with Crippen molar-refractivity contribution in [3.63, 3.8) is 0 Å². The fourth-order valence-electron chi connectivity index (χ4n) is 0.461. The first-order valence-electron chi connectivity index (χ1n) is 2.99. The molecule has 0 saturated heterocycles. The average Bonchev–Trinajstić information content (AvgIpc) is 1.97. The summed E-state index contributed by atoms with van der Waals surface area (Å²) in [5.74, 6) is -0.882. The van der Waals surface area contributed by atoms with Crippen molar-refractivity contribution in [2.45, 2.75) is 6.42 Å². The van der Waals surface area contributed by atoms with Crippen LogP contribution in [0.4, 0.5) is 0 Å². The van der Waals surface area contributed by atoms with Gasteiger partial charge >= 0.3 is 5.97 Å². The second kappa shape index (κ2) is 5.80. The maximum atomic E-state index is 10.3. The lowest BCUT2D eigenvalue weighted by Gasteiger charge is -1.98. The third-order valence-corrected chi connectivity index (χ3v) is 1.08. The molecule has 62 valence electrons. The van der Waals surface area contributed by atoms with E-state index in [-0.39, 0.29) is 5.76 Å². The molecule has 0 bridgehead atoms. The summed E-state index contributed by atoms with van der Waals surface area (Å²) in [5.41, 5.74) is 0. The highest BCUT2D eigenvalue weighted by molar-refractivity contribution is 6.17. The third-order valence-electron chi connectivity index (χ3n) is 0.860. The Hall–Kier alpha value is -0.960. The van der Waals surface area contributed by atoms with Gasteiger partial charge in [0, 0.05) is 5.88 Å². The normalized spacial score (nSPS) is 10.8. The van der Waals surface area contributed by atoms with Crippen molar-refractivity contribution < 1.29 is 14.6 Å². The number of rotatable bonds is 5. The molecule has 0 rings (SSSR count). The summed E-state index contributed by atoms with van der Waals surface area (Å²) in [5, 5.41) is 8.45. The van der Waals surface area contributed by atoms with Gasteiger partial charge in [0.25, 0.3) is 0 Å². The van der Waals surface area contributed by atoms with Gasteiger partial charge in [0.1, 0.15) is 0 Å². The van der Waals surface area contributed by atoms with E-state index in [2.05, 4.69) is 11.3 Å². The van der Waals surface area contributed by atoms with Crippen molar-refractivity contribution in [1.82, 2.24) is 0 Å². The summed E-state index contributed by atoms with van der Waals surface area (Å²) in [4.78, 5) is 10.3. The molecule has 0 unspecified atom stereocenters. The average molecular weight is 177 g/mol. The molecule has 11 heavy (non-hydrogen) atoms. The van der Waals surface area contributed by atoms with E-state index in [4.69, 9.17) is 16.7 Å². The zero-order valence-electron chi connectivity index (χ0n) is 5.92. The van der Waals surface area contributed by atoms with Crippen molar-refractivity contribution in [3.05, 3.63) is 24.7 Å². The SMILES string of the molecule is C=COC(=CCCCl)C(=O)O. The monoisotopic (exact) mass is 176 g/mol. The summed E-state index contributed by atoms with van der Waals surface area (Å²) in [6.45, 7) is 3.23. The van der Waals surface area contributed by atoms with Crippen molar-refractivity contribution in [1.29, 1.82) is 0 Å². The summed E-state index contributed by atoms with van der Waals surface area (Å²) >= 11 is 5.33. The molecule has 0 fully saturated rings. The van der Waals surface area contributed by atoms with E-state index in [1.807, 2.05) is 0 Å². The summed E-state index contributed by atoms with van der Waals surface area (Å²) < 4.78 is 4.57. The van der Waals surface area contributed by atoms with Crippen LogP contribution in [0.25, 0.3) is 0 Å².